The molecule has 1 atom stereocenters. The predicted molar refractivity (Wildman–Crippen MR) is 93.5 cm³/mol. The van der Waals surface area contributed by atoms with Crippen molar-refractivity contribution in [3.63, 3.8) is 0 Å². The number of aromatic nitrogens is 1. The van der Waals surface area contributed by atoms with E-state index in [4.69, 9.17) is 14.2 Å². The molecule has 136 valence electrons. The molecule has 0 spiro atoms. The minimum atomic E-state index is -0.372. The molecule has 24 heavy (non-hydrogen) atoms. The van der Waals surface area contributed by atoms with E-state index in [2.05, 4.69) is 30.5 Å². The summed E-state index contributed by atoms with van der Waals surface area (Å²) < 4.78 is 33.7. The third-order valence-corrected chi connectivity index (χ3v) is 4.52. The van der Waals surface area contributed by atoms with Crippen LogP contribution in [-0.2, 0) is 9.47 Å². The smallest absolute Gasteiger partial charge is 0.218 e. The van der Waals surface area contributed by atoms with Crippen molar-refractivity contribution >= 4 is 11.9 Å². The summed E-state index contributed by atoms with van der Waals surface area (Å²) in [5.74, 6) is 0.0671. The maximum Gasteiger partial charge on any atom is 0.218 e. The fraction of sp³-hybridized carbons (Fsp3) is 0.706. The van der Waals surface area contributed by atoms with Gasteiger partial charge in [-0.15, -0.1) is 0 Å². The molecule has 1 aromatic rings. The monoisotopic (exact) mass is 358 g/mol. The number of halogens is 1. The number of rotatable bonds is 7. The van der Waals surface area contributed by atoms with Crippen LogP contribution < -0.4 is 9.46 Å². The van der Waals surface area contributed by atoms with Crippen molar-refractivity contribution in [3.8, 4) is 5.88 Å². The summed E-state index contributed by atoms with van der Waals surface area (Å²) in [5.41, 5.74) is 0.713. The lowest BCUT2D eigenvalue weighted by Crippen LogP contribution is -2.28. The Morgan fingerprint density at radius 2 is 2.12 bits per heavy atom. The van der Waals surface area contributed by atoms with Gasteiger partial charge in [-0.05, 0) is 39.7 Å². The number of hydrogen-bond acceptors (Lipinski definition) is 6. The van der Waals surface area contributed by atoms with Gasteiger partial charge in [0.2, 0.25) is 5.88 Å². The number of ether oxygens (including phenoxy) is 3. The number of hydrogen-bond donors (Lipinski definition) is 1. The number of methoxy groups -OCH3 is 1. The van der Waals surface area contributed by atoms with E-state index < -0.39 is 0 Å². The molecule has 7 heteroatoms. The van der Waals surface area contributed by atoms with Crippen molar-refractivity contribution in [3.05, 3.63) is 23.6 Å². The number of nitrogens with one attached hydrogen (secondary N) is 1. The molecular weight excluding hydrogens is 331 g/mol. The largest absolute Gasteiger partial charge is 0.481 e. The Morgan fingerprint density at radius 1 is 1.42 bits per heavy atom. The summed E-state index contributed by atoms with van der Waals surface area (Å²) in [6.45, 7) is 7.82. The minimum Gasteiger partial charge on any atom is -0.481 e. The average Bonchev–Trinajstić information content (AvgIpc) is 2.55. The van der Waals surface area contributed by atoms with E-state index in [9.17, 15) is 4.39 Å². The molecule has 0 aliphatic carbocycles. The average molecular weight is 358 g/mol. The molecule has 5 nitrogen and oxygen atoms in total. The molecule has 1 N–H and O–H groups in total. The van der Waals surface area contributed by atoms with Crippen LogP contribution in [0.1, 0.15) is 51.6 Å². The van der Waals surface area contributed by atoms with Gasteiger partial charge in [0.1, 0.15) is 5.82 Å². The first-order chi connectivity index (χ1) is 11.4. The van der Waals surface area contributed by atoms with Gasteiger partial charge in [-0.25, -0.2) is 9.37 Å². The summed E-state index contributed by atoms with van der Waals surface area (Å²) in [6.07, 6.45) is 3.36. The molecule has 1 fully saturated rings. The Kier molecular flexibility index (Phi) is 7.28. The van der Waals surface area contributed by atoms with Gasteiger partial charge in [0.25, 0.3) is 0 Å². The Hall–Kier alpha value is -0.890. The van der Waals surface area contributed by atoms with Crippen LogP contribution in [0, 0.1) is 5.82 Å². The van der Waals surface area contributed by atoms with Crippen LogP contribution in [0.4, 0.5) is 4.39 Å². The Labute approximate surface area is 147 Å². The van der Waals surface area contributed by atoms with Crippen LogP contribution in [0.15, 0.2) is 12.3 Å². The zero-order valence-electron chi connectivity index (χ0n) is 14.8. The maximum atomic E-state index is 13.7. The van der Waals surface area contributed by atoms with Gasteiger partial charge in [0, 0.05) is 22.8 Å². The standard InChI is InChI=1S/C17H27FN2O3S/c1-17(2,3)24-20-14(6-7-15-22-8-5-9-23-15)13-10-12(18)11-19-16(13)21-4/h10-11,14-15,20H,5-9H2,1-4H3. The van der Waals surface area contributed by atoms with E-state index in [-0.39, 0.29) is 22.9 Å². The maximum absolute atomic E-state index is 13.7. The van der Waals surface area contributed by atoms with Crippen LogP contribution in [0.5, 0.6) is 5.88 Å². The Bertz CT molecular complexity index is 519. The van der Waals surface area contributed by atoms with E-state index in [0.717, 1.165) is 32.5 Å². The summed E-state index contributed by atoms with van der Waals surface area (Å²) >= 11 is 1.61. The van der Waals surface area contributed by atoms with Gasteiger partial charge in [-0.1, -0.05) is 11.9 Å². The van der Waals surface area contributed by atoms with E-state index in [1.165, 1.54) is 12.3 Å². The Balaban J connectivity index is 2.10. The van der Waals surface area contributed by atoms with Gasteiger partial charge in [-0.3, -0.25) is 4.72 Å². The second kappa shape index (κ2) is 8.99. The fourth-order valence-corrected chi connectivity index (χ4v) is 3.14. The second-order valence-corrected chi connectivity index (χ2v) is 8.40. The zero-order chi connectivity index (χ0) is 17.6. The Morgan fingerprint density at radius 3 is 2.75 bits per heavy atom. The van der Waals surface area contributed by atoms with Gasteiger partial charge in [-0.2, -0.15) is 0 Å². The zero-order valence-corrected chi connectivity index (χ0v) is 15.6. The van der Waals surface area contributed by atoms with E-state index in [1.807, 2.05) is 0 Å². The lowest BCUT2D eigenvalue weighted by atomic mass is 10.0. The van der Waals surface area contributed by atoms with Crippen molar-refractivity contribution in [1.82, 2.24) is 9.71 Å². The molecule has 0 aromatic carbocycles. The van der Waals surface area contributed by atoms with Gasteiger partial charge < -0.3 is 14.2 Å². The molecule has 1 unspecified atom stereocenters. The van der Waals surface area contributed by atoms with Crippen LogP contribution in [-0.4, -0.2) is 36.3 Å². The van der Waals surface area contributed by atoms with Gasteiger partial charge in [0.15, 0.2) is 6.29 Å². The van der Waals surface area contributed by atoms with E-state index in [0.29, 0.717) is 11.4 Å². The number of nitrogens with zero attached hydrogens (tertiary/aromatic N) is 1. The fourth-order valence-electron chi connectivity index (χ4n) is 2.39. The molecule has 0 amide bonds. The highest BCUT2D eigenvalue weighted by molar-refractivity contribution is 7.98. The van der Waals surface area contributed by atoms with Crippen molar-refractivity contribution in [2.24, 2.45) is 0 Å². The van der Waals surface area contributed by atoms with Crippen molar-refractivity contribution in [1.29, 1.82) is 0 Å². The van der Waals surface area contributed by atoms with Crippen LogP contribution in [0.3, 0.4) is 0 Å². The van der Waals surface area contributed by atoms with E-state index in [1.54, 1.807) is 19.1 Å². The topological polar surface area (TPSA) is 52.6 Å². The first kappa shape index (κ1) is 19.4. The molecule has 1 aliphatic rings. The van der Waals surface area contributed by atoms with Crippen molar-refractivity contribution in [2.45, 2.75) is 57.1 Å². The summed E-state index contributed by atoms with van der Waals surface area (Å²) in [6, 6.07) is 1.37. The summed E-state index contributed by atoms with van der Waals surface area (Å²) in [5, 5.41) is 0. The molecule has 0 radical (unpaired) electrons. The highest BCUT2D eigenvalue weighted by Gasteiger charge is 2.24. The van der Waals surface area contributed by atoms with Gasteiger partial charge in [0.05, 0.1) is 26.5 Å². The van der Waals surface area contributed by atoms with Crippen molar-refractivity contribution in [2.75, 3.05) is 20.3 Å². The highest BCUT2D eigenvalue weighted by Crippen LogP contribution is 2.32. The van der Waals surface area contributed by atoms with Crippen LogP contribution >= 0.6 is 11.9 Å². The molecule has 0 saturated carbocycles. The van der Waals surface area contributed by atoms with Crippen LogP contribution in [0.2, 0.25) is 0 Å². The lowest BCUT2D eigenvalue weighted by molar-refractivity contribution is -0.182. The first-order valence-electron chi connectivity index (χ1n) is 8.25. The highest BCUT2D eigenvalue weighted by atomic mass is 32.2. The third kappa shape index (κ3) is 6.20. The van der Waals surface area contributed by atoms with Crippen molar-refractivity contribution < 1.29 is 18.6 Å². The quantitative estimate of drug-likeness (QED) is 0.747. The molecule has 1 aliphatic heterocycles. The van der Waals surface area contributed by atoms with Crippen LogP contribution in [0.25, 0.3) is 0 Å². The predicted octanol–water partition coefficient (Wildman–Crippen LogP) is 3.85. The molecule has 1 aromatic heterocycles. The first-order valence-corrected chi connectivity index (χ1v) is 9.07. The summed E-state index contributed by atoms with van der Waals surface area (Å²) in [7, 11) is 1.55. The second-order valence-electron chi connectivity index (χ2n) is 6.74. The number of pyridine rings is 1. The molecule has 0 bridgehead atoms. The summed E-state index contributed by atoms with van der Waals surface area (Å²) in [4.78, 5) is 4.05. The van der Waals surface area contributed by atoms with Gasteiger partial charge >= 0.3 is 0 Å². The third-order valence-electron chi connectivity index (χ3n) is 3.51. The normalized spacial score (nSPS) is 17.7. The molecule has 2 rings (SSSR count). The minimum absolute atomic E-state index is 0.0318. The molecule has 1 saturated heterocycles. The lowest BCUT2D eigenvalue weighted by Gasteiger charge is -2.28. The molecule has 2 heterocycles. The molecular formula is C17H27FN2O3S. The SMILES string of the molecule is COc1ncc(F)cc1C(CCC1OCCCO1)NSC(C)(C)C. The van der Waals surface area contributed by atoms with E-state index >= 15 is 0 Å².